The topological polar surface area (TPSA) is 107 Å². The van der Waals surface area contributed by atoms with Crippen LogP contribution < -0.4 is 16.0 Å². The number of nitrogens with one attached hydrogen (secondary N) is 3. The van der Waals surface area contributed by atoms with Gasteiger partial charge in [0.2, 0.25) is 0 Å². The van der Waals surface area contributed by atoms with E-state index in [1.54, 1.807) is 12.1 Å². The average molecular weight is 340 g/mol. The van der Waals surface area contributed by atoms with E-state index in [1.807, 2.05) is 48.5 Å². The number of nitriles is 3. The molecular formula is C20H16N6. The van der Waals surface area contributed by atoms with Crippen LogP contribution in [0.3, 0.4) is 0 Å². The molecule has 0 fully saturated rings. The van der Waals surface area contributed by atoms with Crippen molar-refractivity contribution in [2.75, 3.05) is 22.5 Å². The molecule has 0 saturated heterocycles. The molecule has 2 aromatic rings. The highest BCUT2D eigenvalue weighted by molar-refractivity contribution is 5.70. The summed E-state index contributed by atoms with van der Waals surface area (Å²) < 4.78 is 0. The summed E-state index contributed by atoms with van der Waals surface area (Å²) in [4.78, 5) is 0. The quantitative estimate of drug-likeness (QED) is 0.732. The van der Waals surface area contributed by atoms with Gasteiger partial charge in [-0.3, -0.25) is 0 Å². The van der Waals surface area contributed by atoms with Gasteiger partial charge in [0, 0.05) is 12.2 Å². The summed E-state index contributed by atoms with van der Waals surface area (Å²) in [6, 6.07) is 21.2. The van der Waals surface area contributed by atoms with Crippen molar-refractivity contribution in [1.29, 1.82) is 15.8 Å². The summed E-state index contributed by atoms with van der Waals surface area (Å²) in [7, 11) is 0. The molecule has 6 heteroatoms. The van der Waals surface area contributed by atoms with Gasteiger partial charge in [0.05, 0.1) is 17.4 Å². The van der Waals surface area contributed by atoms with Gasteiger partial charge in [-0.05, 0) is 36.2 Å². The Morgan fingerprint density at radius 1 is 0.923 bits per heavy atom. The van der Waals surface area contributed by atoms with Crippen LogP contribution in [0.2, 0.25) is 0 Å². The van der Waals surface area contributed by atoms with Crippen molar-refractivity contribution >= 4 is 17.1 Å². The van der Waals surface area contributed by atoms with Crippen molar-refractivity contribution < 1.29 is 0 Å². The third-order valence-electron chi connectivity index (χ3n) is 4.17. The second-order valence-corrected chi connectivity index (χ2v) is 5.79. The SMILES string of the molecule is N#CC(C#N)=C(C#N)Nc1ccc(C2CCNc3ccccc3N2)cc1. The molecule has 126 valence electrons. The lowest BCUT2D eigenvalue weighted by Crippen LogP contribution is -2.11. The lowest BCUT2D eigenvalue weighted by molar-refractivity contribution is 0.732. The fraction of sp³-hybridized carbons (Fsp3) is 0.150. The van der Waals surface area contributed by atoms with E-state index in [0.29, 0.717) is 5.69 Å². The molecule has 1 heterocycles. The zero-order chi connectivity index (χ0) is 18.4. The predicted molar refractivity (Wildman–Crippen MR) is 99.8 cm³/mol. The Kier molecular flexibility index (Phi) is 5.03. The van der Waals surface area contributed by atoms with Gasteiger partial charge in [-0.15, -0.1) is 0 Å². The fourth-order valence-electron chi connectivity index (χ4n) is 2.85. The molecule has 2 aromatic carbocycles. The van der Waals surface area contributed by atoms with Crippen molar-refractivity contribution in [2.24, 2.45) is 0 Å². The maximum absolute atomic E-state index is 9.11. The summed E-state index contributed by atoms with van der Waals surface area (Å²) in [5.41, 5.74) is 3.66. The molecule has 1 aliphatic rings. The Hall–Kier alpha value is -3.95. The normalized spacial score (nSPS) is 14.7. The number of para-hydroxylation sites is 2. The molecule has 0 spiro atoms. The van der Waals surface area contributed by atoms with Crippen LogP contribution in [-0.4, -0.2) is 6.54 Å². The molecule has 0 saturated carbocycles. The highest BCUT2D eigenvalue weighted by atomic mass is 15.0. The highest BCUT2D eigenvalue weighted by Crippen LogP contribution is 2.31. The molecule has 0 amide bonds. The summed E-state index contributed by atoms with van der Waals surface area (Å²) in [6.07, 6.45) is 0.928. The Morgan fingerprint density at radius 3 is 2.27 bits per heavy atom. The van der Waals surface area contributed by atoms with Crippen LogP contribution in [0.1, 0.15) is 18.0 Å². The Labute approximate surface area is 152 Å². The fourth-order valence-corrected chi connectivity index (χ4v) is 2.85. The van der Waals surface area contributed by atoms with E-state index in [2.05, 4.69) is 22.0 Å². The van der Waals surface area contributed by atoms with Gasteiger partial charge in [0.15, 0.2) is 5.57 Å². The van der Waals surface area contributed by atoms with Crippen LogP contribution in [0.5, 0.6) is 0 Å². The standard InChI is InChI=1S/C20H16N6/c21-11-15(12-22)20(13-23)25-16-7-5-14(6-8-16)17-9-10-24-18-3-1-2-4-19(18)26-17/h1-8,17,24-26H,9-10H2. The van der Waals surface area contributed by atoms with Gasteiger partial charge in [-0.1, -0.05) is 24.3 Å². The Morgan fingerprint density at radius 2 is 1.62 bits per heavy atom. The zero-order valence-corrected chi connectivity index (χ0v) is 14.0. The molecular weight excluding hydrogens is 324 g/mol. The van der Waals surface area contributed by atoms with Crippen molar-refractivity contribution in [3.05, 3.63) is 65.4 Å². The molecule has 0 bridgehead atoms. The molecule has 6 nitrogen and oxygen atoms in total. The van der Waals surface area contributed by atoms with E-state index in [9.17, 15) is 0 Å². The molecule has 1 aliphatic heterocycles. The summed E-state index contributed by atoms with van der Waals surface area (Å²) in [5.74, 6) is 0. The first-order valence-electron chi connectivity index (χ1n) is 8.16. The Bertz CT molecular complexity index is 938. The molecule has 1 unspecified atom stereocenters. The lowest BCUT2D eigenvalue weighted by atomic mass is 10.0. The van der Waals surface area contributed by atoms with E-state index in [0.717, 1.165) is 29.9 Å². The lowest BCUT2D eigenvalue weighted by Gasteiger charge is -2.18. The van der Waals surface area contributed by atoms with Gasteiger partial charge in [-0.25, -0.2) is 0 Å². The van der Waals surface area contributed by atoms with Crippen LogP contribution in [0, 0.1) is 34.0 Å². The van der Waals surface area contributed by atoms with Crippen LogP contribution in [-0.2, 0) is 0 Å². The van der Waals surface area contributed by atoms with Crippen molar-refractivity contribution in [3.63, 3.8) is 0 Å². The van der Waals surface area contributed by atoms with E-state index in [-0.39, 0.29) is 17.3 Å². The molecule has 3 N–H and O–H groups in total. The number of allylic oxidation sites excluding steroid dienone is 2. The highest BCUT2D eigenvalue weighted by Gasteiger charge is 2.16. The van der Waals surface area contributed by atoms with Crippen LogP contribution in [0.15, 0.2) is 59.8 Å². The molecule has 0 aromatic heterocycles. The summed E-state index contributed by atoms with van der Waals surface area (Å²) in [5, 5.41) is 36.7. The average Bonchev–Trinajstić information content (AvgIpc) is 2.91. The maximum Gasteiger partial charge on any atom is 0.163 e. The first-order valence-corrected chi connectivity index (χ1v) is 8.16. The minimum Gasteiger partial charge on any atom is -0.383 e. The first-order chi connectivity index (χ1) is 12.7. The maximum atomic E-state index is 9.11. The molecule has 3 rings (SSSR count). The van der Waals surface area contributed by atoms with Crippen molar-refractivity contribution in [1.82, 2.24) is 0 Å². The monoisotopic (exact) mass is 340 g/mol. The minimum absolute atomic E-state index is 0.0477. The third kappa shape index (κ3) is 3.59. The van der Waals surface area contributed by atoms with Crippen molar-refractivity contribution in [2.45, 2.75) is 12.5 Å². The first kappa shape index (κ1) is 16.9. The number of hydrogen-bond acceptors (Lipinski definition) is 6. The van der Waals surface area contributed by atoms with E-state index in [4.69, 9.17) is 15.8 Å². The summed E-state index contributed by atoms with van der Waals surface area (Å²) in [6.45, 7) is 0.865. The van der Waals surface area contributed by atoms with E-state index >= 15 is 0 Å². The van der Waals surface area contributed by atoms with Gasteiger partial charge < -0.3 is 16.0 Å². The van der Waals surface area contributed by atoms with E-state index in [1.165, 1.54) is 0 Å². The van der Waals surface area contributed by atoms with Crippen LogP contribution >= 0.6 is 0 Å². The molecule has 26 heavy (non-hydrogen) atoms. The third-order valence-corrected chi connectivity index (χ3v) is 4.17. The molecule has 0 radical (unpaired) electrons. The second-order valence-electron chi connectivity index (χ2n) is 5.79. The number of nitrogens with zero attached hydrogens (tertiary/aromatic N) is 3. The number of hydrogen-bond donors (Lipinski definition) is 3. The number of anilines is 3. The van der Waals surface area contributed by atoms with Crippen molar-refractivity contribution in [3.8, 4) is 18.2 Å². The van der Waals surface area contributed by atoms with Gasteiger partial charge in [-0.2, -0.15) is 15.8 Å². The van der Waals surface area contributed by atoms with E-state index < -0.39 is 0 Å². The number of benzene rings is 2. The van der Waals surface area contributed by atoms with Gasteiger partial charge >= 0.3 is 0 Å². The van der Waals surface area contributed by atoms with Gasteiger partial charge in [0.1, 0.15) is 23.9 Å². The smallest absolute Gasteiger partial charge is 0.163 e. The molecule has 1 atom stereocenters. The second kappa shape index (κ2) is 7.75. The Balaban J connectivity index is 1.78. The van der Waals surface area contributed by atoms with Crippen LogP contribution in [0.25, 0.3) is 0 Å². The van der Waals surface area contributed by atoms with Gasteiger partial charge in [0.25, 0.3) is 0 Å². The number of rotatable bonds is 3. The van der Waals surface area contributed by atoms with Crippen LogP contribution in [0.4, 0.5) is 17.1 Å². The molecule has 0 aliphatic carbocycles. The summed E-state index contributed by atoms with van der Waals surface area (Å²) >= 11 is 0. The number of fused-ring (bicyclic) bond motifs is 1. The predicted octanol–water partition coefficient (Wildman–Crippen LogP) is 3.89. The largest absolute Gasteiger partial charge is 0.383 e. The zero-order valence-electron chi connectivity index (χ0n) is 14.0. The minimum atomic E-state index is -0.232.